The molecule has 2 aromatic heterocycles. The topological polar surface area (TPSA) is 100 Å². The van der Waals surface area contributed by atoms with E-state index in [1.807, 2.05) is 23.8 Å². The predicted molar refractivity (Wildman–Crippen MR) is 186 cm³/mol. The third-order valence-electron chi connectivity index (χ3n) is 10.5. The molecule has 7 rings (SSSR count). The molecule has 50 heavy (non-hydrogen) atoms. The maximum Gasteiger partial charge on any atom is 0.318 e. The van der Waals surface area contributed by atoms with E-state index in [1.165, 1.54) is 18.5 Å². The molecule has 11 nitrogen and oxygen atoms in total. The summed E-state index contributed by atoms with van der Waals surface area (Å²) in [5.74, 6) is 3.95. The van der Waals surface area contributed by atoms with Crippen LogP contribution in [0.15, 0.2) is 43.4 Å². The molecule has 2 fully saturated rings. The Morgan fingerprint density at radius 2 is 2.14 bits per heavy atom. The Balaban J connectivity index is 1.20. The van der Waals surface area contributed by atoms with E-state index in [0.717, 1.165) is 36.3 Å². The molecule has 4 aliphatic rings. The summed E-state index contributed by atoms with van der Waals surface area (Å²) in [6.07, 6.45) is 13.3. The normalized spacial score (nSPS) is 24.2. The molecule has 0 N–H and O–H groups in total. The number of aromatic nitrogens is 4. The fraction of sp³-hybridized carbons (Fsp3) is 0.486. The fourth-order valence-corrected chi connectivity index (χ4v) is 8.10. The Morgan fingerprint density at radius 3 is 2.92 bits per heavy atom. The van der Waals surface area contributed by atoms with Crippen LogP contribution in [-0.2, 0) is 17.6 Å². The molecule has 5 heterocycles. The number of anilines is 3. The van der Waals surface area contributed by atoms with Gasteiger partial charge in [-0.05, 0) is 56.9 Å². The van der Waals surface area contributed by atoms with E-state index in [9.17, 15) is 13.6 Å². The Labute approximate surface area is 291 Å². The second-order valence-electron chi connectivity index (χ2n) is 13.8. The van der Waals surface area contributed by atoms with Gasteiger partial charge >= 0.3 is 6.01 Å². The van der Waals surface area contributed by atoms with Gasteiger partial charge in [0.1, 0.15) is 48.9 Å². The number of terminal acetylenes is 1. The predicted octanol–water partition coefficient (Wildman–Crippen LogP) is 4.14. The average molecular weight is 685 g/mol. The molecule has 262 valence electrons. The van der Waals surface area contributed by atoms with Crippen molar-refractivity contribution in [1.82, 2.24) is 24.8 Å². The number of carbonyl (C=O) groups is 1. The van der Waals surface area contributed by atoms with Crippen molar-refractivity contribution >= 4 is 23.2 Å². The standard InChI is InChI=1S/C37H42F2N8O3/c1-5-27-29(39)11-12-31-34(27)46(16-17-49-31)25-9-10-28-30(18-25)42-36(43-35(28)44(4)21-26-8-7-15-45(26)33(48)6-2)50-22-37(3)19-24(38)20-47(37)32-13-14-40-23-41-32/h1,6,11-14,23-26H,2,7-10,15-22H2,3-4H3/t24-,25+,26+,37+/m1/s1. The van der Waals surface area contributed by atoms with Crippen LogP contribution >= 0.6 is 0 Å². The van der Waals surface area contributed by atoms with Crippen LogP contribution in [0.4, 0.5) is 26.1 Å². The van der Waals surface area contributed by atoms with Crippen LogP contribution in [0.1, 0.15) is 49.4 Å². The molecule has 3 aromatic rings. The van der Waals surface area contributed by atoms with Gasteiger partial charge in [-0.1, -0.05) is 12.5 Å². The summed E-state index contributed by atoms with van der Waals surface area (Å²) in [5.41, 5.74) is 1.93. The number of hydrogen-bond donors (Lipinski definition) is 0. The number of amides is 1. The highest BCUT2D eigenvalue weighted by molar-refractivity contribution is 5.87. The van der Waals surface area contributed by atoms with Crippen LogP contribution in [-0.4, -0.2) is 101 Å². The second kappa shape index (κ2) is 13.7. The van der Waals surface area contributed by atoms with Gasteiger partial charge in [0.25, 0.3) is 0 Å². The number of rotatable bonds is 9. The summed E-state index contributed by atoms with van der Waals surface area (Å²) in [5, 5.41) is 0. The molecule has 3 aliphatic heterocycles. The molecular weight excluding hydrogens is 642 g/mol. The molecule has 13 heteroatoms. The number of alkyl halides is 1. The number of fused-ring (bicyclic) bond motifs is 2. The summed E-state index contributed by atoms with van der Waals surface area (Å²) in [6, 6.07) is 4.93. The molecule has 1 aromatic carbocycles. The lowest BCUT2D eigenvalue weighted by Crippen LogP contribution is -2.47. The largest absolute Gasteiger partial charge is 0.490 e. The highest BCUT2D eigenvalue weighted by atomic mass is 19.1. The van der Waals surface area contributed by atoms with Gasteiger partial charge in [-0.25, -0.2) is 18.7 Å². The lowest BCUT2D eigenvalue weighted by atomic mass is 9.89. The van der Waals surface area contributed by atoms with Crippen LogP contribution in [0.25, 0.3) is 0 Å². The molecule has 0 spiro atoms. The van der Waals surface area contributed by atoms with Crippen molar-refractivity contribution in [1.29, 1.82) is 0 Å². The lowest BCUT2D eigenvalue weighted by Gasteiger charge is -2.41. The molecule has 1 amide bonds. The SMILES string of the molecule is C#Cc1c(F)ccc2c1N([C@H]1CCc3c(nc(OC[C@]4(C)C[C@@H](F)CN4c4ccncn4)nc3N(C)C[C@@H]3CCCN3C(=O)C=C)C1)CCO2. The summed E-state index contributed by atoms with van der Waals surface area (Å²) in [6.45, 7) is 8.26. The van der Waals surface area contributed by atoms with Gasteiger partial charge in [-0.3, -0.25) is 4.79 Å². The zero-order valence-corrected chi connectivity index (χ0v) is 28.5. The average Bonchev–Trinajstić information content (AvgIpc) is 3.72. The number of likely N-dealkylation sites (tertiary alicyclic amines) is 1. The minimum atomic E-state index is -1.05. The molecule has 0 saturated carbocycles. The van der Waals surface area contributed by atoms with E-state index >= 15 is 0 Å². The molecule has 4 atom stereocenters. The summed E-state index contributed by atoms with van der Waals surface area (Å²) >= 11 is 0. The maximum absolute atomic E-state index is 14.9. The Kier molecular flexibility index (Phi) is 9.20. The smallest absolute Gasteiger partial charge is 0.318 e. The Bertz CT molecular complexity index is 1810. The number of halogens is 2. The van der Waals surface area contributed by atoms with Gasteiger partial charge in [0.05, 0.1) is 35.6 Å². The third-order valence-corrected chi connectivity index (χ3v) is 10.5. The molecule has 0 radical (unpaired) electrons. The minimum Gasteiger partial charge on any atom is -0.490 e. The van der Waals surface area contributed by atoms with E-state index < -0.39 is 17.5 Å². The van der Waals surface area contributed by atoms with Gasteiger partial charge in [-0.2, -0.15) is 9.97 Å². The number of carbonyl (C=O) groups excluding carboxylic acids is 1. The van der Waals surface area contributed by atoms with E-state index in [0.29, 0.717) is 56.3 Å². The third kappa shape index (κ3) is 6.27. The van der Waals surface area contributed by atoms with Gasteiger partial charge in [0, 0.05) is 56.8 Å². The zero-order valence-electron chi connectivity index (χ0n) is 28.5. The van der Waals surface area contributed by atoms with Crippen LogP contribution in [0, 0.1) is 18.2 Å². The maximum atomic E-state index is 14.9. The first kappa shape index (κ1) is 33.5. The van der Waals surface area contributed by atoms with Crippen molar-refractivity contribution in [3.05, 3.63) is 66.0 Å². The van der Waals surface area contributed by atoms with Crippen molar-refractivity contribution in [3.8, 4) is 24.1 Å². The van der Waals surface area contributed by atoms with Gasteiger partial charge in [0.2, 0.25) is 5.91 Å². The summed E-state index contributed by atoms with van der Waals surface area (Å²) < 4.78 is 42.1. The highest BCUT2D eigenvalue weighted by Gasteiger charge is 2.44. The molecule has 0 unspecified atom stereocenters. The Morgan fingerprint density at radius 1 is 1.28 bits per heavy atom. The van der Waals surface area contributed by atoms with E-state index in [4.69, 9.17) is 25.9 Å². The van der Waals surface area contributed by atoms with Crippen molar-refractivity contribution in [2.45, 2.75) is 69.2 Å². The van der Waals surface area contributed by atoms with Gasteiger partial charge < -0.3 is 29.1 Å². The van der Waals surface area contributed by atoms with E-state index in [-0.39, 0.29) is 49.1 Å². The molecule has 0 bridgehead atoms. The first-order valence-electron chi connectivity index (χ1n) is 17.2. The van der Waals surface area contributed by atoms with Gasteiger partial charge in [-0.15, -0.1) is 6.42 Å². The van der Waals surface area contributed by atoms with Crippen LogP contribution < -0.4 is 24.2 Å². The van der Waals surface area contributed by atoms with Crippen LogP contribution in [0.5, 0.6) is 11.8 Å². The van der Waals surface area contributed by atoms with Crippen molar-refractivity contribution in [2.75, 3.05) is 61.1 Å². The molecule has 1 aliphatic carbocycles. The quantitative estimate of drug-likeness (QED) is 0.242. The Hall–Kier alpha value is -4.99. The number of likely N-dealkylation sites (N-methyl/N-ethyl adjacent to an activating group) is 1. The monoisotopic (exact) mass is 684 g/mol. The number of ether oxygens (including phenoxy) is 2. The van der Waals surface area contributed by atoms with E-state index in [2.05, 4.69) is 32.3 Å². The number of nitrogens with zero attached hydrogens (tertiary/aromatic N) is 8. The second-order valence-corrected chi connectivity index (χ2v) is 13.8. The van der Waals surface area contributed by atoms with Crippen molar-refractivity contribution in [3.63, 3.8) is 0 Å². The number of benzene rings is 1. The number of hydrogen-bond acceptors (Lipinski definition) is 10. The van der Waals surface area contributed by atoms with Crippen LogP contribution in [0.2, 0.25) is 0 Å². The summed E-state index contributed by atoms with van der Waals surface area (Å²) in [7, 11) is 1.98. The van der Waals surface area contributed by atoms with Crippen molar-refractivity contribution in [2.24, 2.45) is 0 Å². The first-order chi connectivity index (χ1) is 24.2. The van der Waals surface area contributed by atoms with Gasteiger partial charge in [0.15, 0.2) is 0 Å². The molecular formula is C37H42F2N8O3. The lowest BCUT2D eigenvalue weighted by molar-refractivity contribution is -0.126. The van der Waals surface area contributed by atoms with Crippen LogP contribution in [0.3, 0.4) is 0 Å². The fourth-order valence-electron chi connectivity index (χ4n) is 8.10. The zero-order chi connectivity index (χ0) is 35.0. The summed E-state index contributed by atoms with van der Waals surface area (Å²) in [4.78, 5) is 39.0. The van der Waals surface area contributed by atoms with Crippen molar-refractivity contribution < 1.29 is 23.0 Å². The van der Waals surface area contributed by atoms with E-state index in [1.54, 1.807) is 18.3 Å². The molecule has 2 saturated heterocycles. The minimum absolute atomic E-state index is 0.0130. The highest BCUT2D eigenvalue weighted by Crippen LogP contribution is 2.41. The first-order valence-corrected chi connectivity index (χ1v) is 17.2.